The van der Waals surface area contributed by atoms with E-state index < -0.39 is 5.60 Å². The van der Waals surface area contributed by atoms with Crippen LogP contribution >= 0.6 is 0 Å². The molecular formula is C19H28FN3O3. The van der Waals surface area contributed by atoms with Crippen molar-refractivity contribution in [2.24, 2.45) is 4.99 Å². The van der Waals surface area contributed by atoms with Crippen molar-refractivity contribution >= 4 is 11.9 Å². The topological polar surface area (TPSA) is 63.2 Å². The van der Waals surface area contributed by atoms with Crippen molar-refractivity contribution in [1.82, 2.24) is 10.2 Å². The molecule has 1 heterocycles. The van der Waals surface area contributed by atoms with Gasteiger partial charge in [-0.05, 0) is 45.4 Å². The summed E-state index contributed by atoms with van der Waals surface area (Å²) in [6, 6.07) is 6.32. The Hall–Kier alpha value is -2.15. The number of hydrogen-bond donors (Lipinski definition) is 1. The number of morpholine rings is 1. The van der Waals surface area contributed by atoms with E-state index in [-0.39, 0.29) is 30.5 Å². The smallest absolute Gasteiger partial charge is 0.325 e. The van der Waals surface area contributed by atoms with Crippen LogP contribution in [-0.4, -0.2) is 55.2 Å². The van der Waals surface area contributed by atoms with Crippen molar-refractivity contribution in [3.05, 3.63) is 35.6 Å². The molecule has 2 rings (SSSR count). The molecule has 1 aliphatic heterocycles. The maximum absolute atomic E-state index is 13.2. The maximum atomic E-state index is 13.2. The van der Waals surface area contributed by atoms with E-state index in [1.165, 1.54) is 12.1 Å². The molecule has 0 aliphatic carbocycles. The van der Waals surface area contributed by atoms with E-state index in [2.05, 4.69) is 10.3 Å². The highest BCUT2D eigenvalue weighted by molar-refractivity contribution is 5.84. The van der Waals surface area contributed by atoms with E-state index in [9.17, 15) is 9.18 Å². The second-order valence-electron chi connectivity index (χ2n) is 7.38. The van der Waals surface area contributed by atoms with Crippen LogP contribution in [-0.2, 0) is 14.3 Å². The van der Waals surface area contributed by atoms with Crippen molar-refractivity contribution in [2.45, 2.75) is 45.5 Å². The number of carbonyl (C=O) groups excluding carboxylic acids is 1. The van der Waals surface area contributed by atoms with Gasteiger partial charge in [-0.2, -0.15) is 0 Å². The lowest BCUT2D eigenvalue weighted by Gasteiger charge is -2.38. The fourth-order valence-corrected chi connectivity index (χ4v) is 2.85. The molecule has 0 saturated carbocycles. The van der Waals surface area contributed by atoms with E-state index in [1.54, 1.807) is 19.2 Å². The van der Waals surface area contributed by atoms with Crippen LogP contribution in [0.1, 0.15) is 39.4 Å². The summed E-state index contributed by atoms with van der Waals surface area (Å²) in [5.41, 5.74) is 0.384. The molecule has 1 aliphatic rings. The van der Waals surface area contributed by atoms with Gasteiger partial charge in [0.25, 0.3) is 0 Å². The highest BCUT2D eigenvalue weighted by Gasteiger charge is 2.28. The summed E-state index contributed by atoms with van der Waals surface area (Å²) in [5, 5.41) is 3.05. The van der Waals surface area contributed by atoms with Gasteiger partial charge in [0.2, 0.25) is 0 Å². The Labute approximate surface area is 154 Å². The third-order valence-corrected chi connectivity index (χ3v) is 3.82. The molecule has 1 aromatic rings. The van der Waals surface area contributed by atoms with E-state index in [1.807, 2.05) is 32.6 Å². The Morgan fingerprint density at radius 1 is 1.35 bits per heavy atom. The van der Waals surface area contributed by atoms with Crippen molar-refractivity contribution < 1.29 is 18.7 Å². The molecule has 6 nitrogen and oxygen atoms in total. The summed E-state index contributed by atoms with van der Waals surface area (Å²) in [5.74, 6) is -0.00235. The van der Waals surface area contributed by atoms with Crippen LogP contribution in [0.2, 0.25) is 0 Å². The van der Waals surface area contributed by atoms with Crippen LogP contribution in [0.15, 0.2) is 29.3 Å². The highest BCUT2D eigenvalue weighted by Crippen LogP contribution is 2.25. The van der Waals surface area contributed by atoms with E-state index >= 15 is 0 Å². The van der Waals surface area contributed by atoms with Gasteiger partial charge >= 0.3 is 5.97 Å². The molecule has 1 N–H and O–H groups in total. The fraction of sp³-hybridized carbons (Fsp3) is 0.579. The van der Waals surface area contributed by atoms with Crippen LogP contribution in [0.5, 0.6) is 0 Å². The van der Waals surface area contributed by atoms with Crippen molar-refractivity contribution in [1.29, 1.82) is 0 Å². The average molecular weight is 365 g/mol. The quantitative estimate of drug-likeness (QED) is 0.507. The minimum absolute atomic E-state index is 0.0288. The number of rotatable bonds is 3. The minimum Gasteiger partial charge on any atom is -0.459 e. The van der Waals surface area contributed by atoms with Crippen LogP contribution in [0.3, 0.4) is 0 Å². The number of guanidine groups is 1. The Morgan fingerprint density at radius 2 is 2.00 bits per heavy atom. The molecule has 0 amide bonds. The summed E-state index contributed by atoms with van der Waals surface area (Å²) < 4.78 is 24.5. The number of hydrogen-bond acceptors (Lipinski definition) is 4. The number of benzene rings is 1. The van der Waals surface area contributed by atoms with Gasteiger partial charge in [-0.15, -0.1) is 0 Å². The van der Waals surface area contributed by atoms with E-state index in [0.717, 1.165) is 5.56 Å². The zero-order chi connectivity index (χ0) is 19.3. The minimum atomic E-state index is -0.524. The molecule has 26 heavy (non-hydrogen) atoms. The Morgan fingerprint density at radius 3 is 2.58 bits per heavy atom. The second-order valence-corrected chi connectivity index (χ2v) is 7.38. The molecule has 0 aromatic heterocycles. The van der Waals surface area contributed by atoms with Gasteiger partial charge in [0, 0.05) is 13.6 Å². The lowest BCUT2D eigenvalue weighted by atomic mass is 10.1. The van der Waals surface area contributed by atoms with E-state index in [0.29, 0.717) is 19.0 Å². The Bertz CT molecular complexity index is 640. The lowest BCUT2D eigenvalue weighted by molar-refractivity contribution is -0.153. The third kappa shape index (κ3) is 5.98. The molecule has 2 atom stereocenters. The lowest BCUT2D eigenvalue weighted by Crippen LogP contribution is -2.51. The maximum Gasteiger partial charge on any atom is 0.325 e. The normalized spacial score (nSPS) is 21.5. The number of halogens is 1. The first-order chi connectivity index (χ1) is 12.2. The van der Waals surface area contributed by atoms with E-state index in [4.69, 9.17) is 9.47 Å². The zero-order valence-corrected chi connectivity index (χ0v) is 16.1. The largest absolute Gasteiger partial charge is 0.459 e. The number of aliphatic imine (C=N–C) groups is 1. The summed E-state index contributed by atoms with van der Waals surface area (Å²) in [6.45, 7) is 8.71. The number of nitrogens with zero attached hydrogens (tertiary/aromatic N) is 2. The van der Waals surface area contributed by atoms with Gasteiger partial charge in [0.05, 0.1) is 12.6 Å². The molecule has 0 spiro atoms. The summed E-state index contributed by atoms with van der Waals surface area (Å²) in [6.07, 6.45) is -0.224. The van der Waals surface area contributed by atoms with Gasteiger partial charge in [-0.25, -0.2) is 4.39 Å². The fourth-order valence-electron chi connectivity index (χ4n) is 2.85. The van der Waals surface area contributed by atoms with Crippen molar-refractivity contribution in [3.8, 4) is 0 Å². The molecule has 1 fully saturated rings. The second kappa shape index (κ2) is 8.49. The number of esters is 1. The Balaban J connectivity index is 2.00. The SMILES string of the molecule is CN=C(NCC(=O)OC(C)(C)C)N1CC(C)OC(c2ccc(F)cc2)C1. The molecule has 144 valence electrons. The van der Waals surface area contributed by atoms with Crippen molar-refractivity contribution in [3.63, 3.8) is 0 Å². The van der Waals surface area contributed by atoms with Gasteiger partial charge in [0.15, 0.2) is 5.96 Å². The van der Waals surface area contributed by atoms with Crippen molar-refractivity contribution in [2.75, 3.05) is 26.7 Å². The number of nitrogens with one attached hydrogen (secondary N) is 1. The van der Waals surface area contributed by atoms with Gasteiger partial charge < -0.3 is 19.7 Å². The first-order valence-electron chi connectivity index (χ1n) is 8.76. The molecular weight excluding hydrogens is 337 g/mol. The van der Waals surface area contributed by atoms with Crippen LogP contribution in [0, 0.1) is 5.82 Å². The first kappa shape index (κ1) is 20.2. The summed E-state index contributed by atoms with van der Waals surface area (Å²) >= 11 is 0. The zero-order valence-electron chi connectivity index (χ0n) is 16.1. The van der Waals surface area contributed by atoms with Gasteiger partial charge in [-0.1, -0.05) is 12.1 Å². The third-order valence-electron chi connectivity index (χ3n) is 3.82. The van der Waals surface area contributed by atoms with Crippen LogP contribution in [0.25, 0.3) is 0 Å². The highest BCUT2D eigenvalue weighted by atomic mass is 19.1. The molecule has 2 unspecified atom stereocenters. The molecule has 0 bridgehead atoms. The molecule has 1 saturated heterocycles. The van der Waals surface area contributed by atoms with Gasteiger partial charge in [0.1, 0.15) is 24.1 Å². The molecule has 0 radical (unpaired) electrons. The summed E-state index contributed by atoms with van der Waals surface area (Å²) in [4.78, 5) is 18.2. The predicted octanol–water partition coefficient (Wildman–Crippen LogP) is 2.50. The average Bonchev–Trinajstić information content (AvgIpc) is 2.54. The van der Waals surface area contributed by atoms with Crippen LogP contribution in [0.4, 0.5) is 4.39 Å². The number of ether oxygens (including phenoxy) is 2. The first-order valence-corrected chi connectivity index (χ1v) is 8.76. The van der Waals surface area contributed by atoms with Gasteiger partial charge in [-0.3, -0.25) is 9.79 Å². The number of carbonyl (C=O) groups is 1. The Kier molecular flexibility index (Phi) is 6.58. The molecule has 7 heteroatoms. The standard InChI is InChI=1S/C19H28FN3O3/c1-13-11-23(12-16(25-13)14-6-8-15(20)9-7-14)18(21-5)22-10-17(24)26-19(2,3)4/h6-9,13,16H,10-12H2,1-5H3,(H,21,22). The monoisotopic (exact) mass is 365 g/mol. The van der Waals surface area contributed by atoms with Crippen LogP contribution < -0.4 is 5.32 Å². The predicted molar refractivity (Wildman–Crippen MR) is 98.5 cm³/mol. The molecule has 1 aromatic carbocycles. The summed E-state index contributed by atoms with van der Waals surface area (Å²) in [7, 11) is 1.67.